The predicted molar refractivity (Wildman–Crippen MR) is 73.6 cm³/mol. The number of hydrogen-bond donors (Lipinski definition) is 2. The van der Waals surface area contributed by atoms with E-state index in [1.54, 1.807) is 4.90 Å². The van der Waals surface area contributed by atoms with Crippen LogP contribution in [0, 0.1) is 18.3 Å². The van der Waals surface area contributed by atoms with E-state index in [1.807, 2.05) is 0 Å². The summed E-state index contributed by atoms with van der Waals surface area (Å²) in [5, 5.41) is 0. The van der Waals surface area contributed by atoms with E-state index in [9.17, 15) is 13.2 Å². The zero-order valence-corrected chi connectivity index (χ0v) is 11.9. The SMILES string of the molecule is C#CCC(N)C(=O)N1CCCC(CNS(C)(=O)=O)C1. The van der Waals surface area contributed by atoms with Gasteiger partial charge in [0.1, 0.15) is 0 Å². The largest absolute Gasteiger partial charge is 0.341 e. The molecule has 1 saturated heterocycles. The summed E-state index contributed by atoms with van der Waals surface area (Å²) in [6.07, 6.45) is 8.24. The molecular formula is C12H21N3O3S. The second-order valence-electron chi connectivity index (χ2n) is 4.93. The van der Waals surface area contributed by atoms with E-state index in [-0.39, 0.29) is 18.2 Å². The summed E-state index contributed by atoms with van der Waals surface area (Å²) in [6, 6.07) is -0.661. The number of sulfonamides is 1. The first-order chi connectivity index (χ1) is 8.83. The van der Waals surface area contributed by atoms with Gasteiger partial charge in [-0.25, -0.2) is 13.1 Å². The van der Waals surface area contributed by atoms with Gasteiger partial charge >= 0.3 is 0 Å². The average Bonchev–Trinajstić information content (AvgIpc) is 2.35. The zero-order valence-electron chi connectivity index (χ0n) is 11.1. The number of piperidine rings is 1. The smallest absolute Gasteiger partial charge is 0.240 e. The maximum Gasteiger partial charge on any atom is 0.240 e. The van der Waals surface area contributed by atoms with E-state index in [1.165, 1.54) is 0 Å². The van der Waals surface area contributed by atoms with Crippen LogP contribution < -0.4 is 10.5 Å². The molecule has 0 bridgehead atoms. The van der Waals surface area contributed by atoms with Crippen LogP contribution in [0.1, 0.15) is 19.3 Å². The van der Waals surface area contributed by atoms with Crippen LogP contribution >= 0.6 is 0 Å². The molecule has 0 spiro atoms. The van der Waals surface area contributed by atoms with Crippen molar-refractivity contribution in [2.75, 3.05) is 25.9 Å². The van der Waals surface area contributed by atoms with Crippen LogP contribution in [0.3, 0.4) is 0 Å². The van der Waals surface area contributed by atoms with Gasteiger partial charge in [-0.15, -0.1) is 12.3 Å². The summed E-state index contributed by atoms with van der Waals surface area (Å²) in [6.45, 7) is 1.54. The van der Waals surface area contributed by atoms with Crippen LogP contribution in [0.2, 0.25) is 0 Å². The minimum absolute atomic E-state index is 0.130. The molecule has 0 aromatic rings. The second kappa shape index (κ2) is 6.89. The maximum atomic E-state index is 12.0. The Morgan fingerprint density at radius 2 is 2.32 bits per heavy atom. The highest BCUT2D eigenvalue weighted by Gasteiger charge is 2.26. The molecule has 1 aliphatic heterocycles. The molecule has 2 unspecified atom stereocenters. The molecular weight excluding hydrogens is 266 g/mol. The normalized spacial score (nSPS) is 21.7. The maximum absolute atomic E-state index is 12.0. The Bertz CT molecular complexity index is 455. The lowest BCUT2D eigenvalue weighted by Gasteiger charge is -2.34. The Labute approximate surface area is 114 Å². The van der Waals surface area contributed by atoms with Gasteiger partial charge < -0.3 is 10.6 Å². The molecule has 3 N–H and O–H groups in total. The van der Waals surface area contributed by atoms with E-state index in [4.69, 9.17) is 12.2 Å². The Hall–Kier alpha value is -1.10. The van der Waals surface area contributed by atoms with Gasteiger partial charge in [0.25, 0.3) is 0 Å². The molecule has 1 aliphatic rings. The highest BCUT2D eigenvalue weighted by molar-refractivity contribution is 7.88. The molecule has 6 nitrogen and oxygen atoms in total. The lowest BCUT2D eigenvalue weighted by atomic mass is 9.97. The third-order valence-electron chi connectivity index (χ3n) is 3.12. The number of carbonyl (C=O) groups is 1. The van der Waals surface area contributed by atoms with Crippen molar-refractivity contribution < 1.29 is 13.2 Å². The number of amides is 1. The first kappa shape index (κ1) is 16.0. The van der Waals surface area contributed by atoms with Gasteiger partial charge in [-0.2, -0.15) is 0 Å². The quantitative estimate of drug-likeness (QED) is 0.643. The number of likely N-dealkylation sites (tertiary alicyclic amines) is 1. The van der Waals surface area contributed by atoms with Crippen molar-refractivity contribution in [1.29, 1.82) is 0 Å². The molecule has 108 valence electrons. The highest BCUT2D eigenvalue weighted by Crippen LogP contribution is 2.16. The van der Waals surface area contributed by atoms with E-state index < -0.39 is 16.1 Å². The number of nitrogens with one attached hydrogen (secondary N) is 1. The van der Waals surface area contributed by atoms with Crippen LogP contribution in [-0.2, 0) is 14.8 Å². The van der Waals surface area contributed by atoms with Crippen LogP contribution in [0.4, 0.5) is 0 Å². The van der Waals surface area contributed by atoms with Gasteiger partial charge in [0, 0.05) is 26.1 Å². The molecule has 0 saturated carbocycles. The number of carbonyl (C=O) groups excluding carboxylic acids is 1. The summed E-state index contributed by atoms with van der Waals surface area (Å²) >= 11 is 0. The summed E-state index contributed by atoms with van der Waals surface area (Å²) < 4.78 is 24.6. The molecule has 0 aliphatic carbocycles. The molecule has 2 atom stereocenters. The van der Waals surface area contributed by atoms with Crippen molar-refractivity contribution in [3.05, 3.63) is 0 Å². The van der Waals surface area contributed by atoms with Crippen molar-refractivity contribution in [2.24, 2.45) is 11.7 Å². The van der Waals surface area contributed by atoms with Crippen molar-refractivity contribution in [1.82, 2.24) is 9.62 Å². The van der Waals surface area contributed by atoms with E-state index in [2.05, 4.69) is 10.6 Å². The standard InChI is InChI=1S/C12H21N3O3S/c1-3-5-11(13)12(16)15-7-4-6-10(9-15)8-14-19(2,17)18/h1,10-11,14H,4-9,13H2,2H3. The van der Waals surface area contributed by atoms with Crippen molar-refractivity contribution in [2.45, 2.75) is 25.3 Å². The van der Waals surface area contributed by atoms with E-state index in [0.717, 1.165) is 19.1 Å². The summed E-state index contributed by atoms with van der Waals surface area (Å²) in [4.78, 5) is 13.7. The number of hydrogen-bond acceptors (Lipinski definition) is 4. The molecule has 19 heavy (non-hydrogen) atoms. The lowest BCUT2D eigenvalue weighted by Crippen LogP contribution is -2.49. The fraction of sp³-hybridized carbons (Fsp3) is 0.750. The molecule has 0 aromatic heterocycles. The molecule has 7 heteroatoms. The molecule has 1 heterocycles. The van der Waals surface area contributed by atoms with Crippen LogP contribution in [0.15, 0.2) is 0 Å². The van der Waals surface area contributed by atoms with Gasteiger partial charge in [0.05, 0.1) is 12.3 Å². The first-order valence-electron chi connectivity index (χ1n) is 6.26. The number of terminal acetylenes is 1. The van der Waals surface area contributed by atoms with Gasteiger partial charge in [-0.1, -0.05) is 0 Å². The molecule has 1 fully saturated rings. The van der Waals surface area contributed by atoms with Crippen molar-refractivity contribution in [3.8, 4) is 12.3 Å². The lowest BCUT2D eigenvalue weighted by molar-refractivity contribution is -0.134. The first-order valence-corrected chi connectivity index (χ1v) is 8.15. The van der Waals surface area contributed by atoms with Crippen LogP contribution in [-0.4, -0.2) is 51.2 Å². The van der Waals surface area contributed by atoms with Crippen LogP contribution in [0.5, 0.6) is 0 Å². The minimum Gasteiger partial charge on any atom is -0.341 e. The molecule has 0 aromatic carbocycles. The Morgan fingerprint density at radius 3 is 2.89 bits per heavy atom. The highest BCUT2D eigenvalue weighted by atomic mass is 32.2. The Balaban J connectivity index is 2.50. The fourth-order valence-electron chi connectivity index (χ4n) is 2.15. The van der Waals surface area contributed by atoms with Gasteiger partial charge in [-0.05, 0) is 18.8 Å². The third-order valence-corrected chi connectivity index (χ3v) is 3.81. The molecule has 0 radical (unpaired) electrons. The van der Waals surface area contributed by atoms with Gasteiger partial charge in [0.2, 0.25) is 15.9 Å². The topological polar surface area (TPSA) is 92.5 Å². The fourth-order valence-corrected chi connectivity index (χ4v) is 2.69. The van der Waals surface area contributed by atoms with Gasteiger partial charge in [0.15, 0.2) is 0 Å². The molecule has 1 rings (SSSR count). The number of nitrogens with two attached hydrogens (primary N) is 1. The summed E-state index contributed by atoms with van der Waals surface area (Å²) in [5.41, 5.74) is 5.70. The van der Waals surface area contributed by atoms with Crippen LogP contribution in [0.25, 0.3) is 0 Å². The summed E-state index contributed by atoms with van der Waals surface area (Å²) in [5.74, 6) is 2.36. The van der Waals surface area contributed by atoms with Crippen molar-refractivity contribution in [3.63, 3.8) is 0 Å². The van der Waals surface area contributed by atoms with Gasteiger partial charge in [-0.3, -0.25) is 4.79 Å². The zero-order chi connectivity index (χ0) is 14.5. The summed E-state index contributed by atoms with van der Waals surface area (Å²) in [7, 11) is -3.19. The Morgan fingerprint density at radius 1 is 1.63 bits per heavy atom. The minimum atomic E-state index is -3.19. The van der Waals surface area contributed by atoms with E-state index in [0.29, 0.717) is 19.6 Å². The predicted octanol–water partition coefficient (Wildman–Crippen LogP) is -0.875. The average molecular weight is 287 g/mol. The van der Waals surface area contributed by atoms with Crippen molar-refractivity contribution >= 4 is 15.9 Å². The number of nitrogens with zero attached hydrogens (tertiary/aromatic N) is 1. The number of rotatable bonds is 5. The van der Waals surface area contributed by atoms with E-state index >= 15 is 0 Å². The second-order valence-corrected chi connectivity index (χ2v) is 6.76. The third kappa shape index (κ3) is 5.59. The monoisotopic (exact) mass is 287 g/mol. The Kier molecular flexibility index (Phi) is 5.79. The molecule has 1 amide bonds.